The van der Waals surface area contributed by atoms with Gasteiger partial charge in [0.05, 0.1) is 6.04 Å². The van der Waals surface area contributed by atoms with Gasteiger partial charge in [-0.2, -0.15) is 0 Å². The van der Waals surface area contributed by atoms with Crippen molar-refractivity contribution in [2.24, 2.45) is 0 Å². The van der Waals surface area contributed by atoms with Gasteiger partial charge < -0.3 is 10.1 Å². The third-order valence-electron chi connectivity index (χ3n) is 2.94. The smallest absolute Gasteiger partial charge is 0.258 e. The summed E-state index contributed by atoms with van der Waals surface area (Å²) in [5.74, 6) is -1.20. The number of benzene rings is 2. The summed E-state index contributed by atoms with van der Waals surface area (Å²) in [6.45, 7) is 1.49. The lowest BCUT2D eigenvalue weighted by atomic mass is 10.1. The lowest BCUT2D eigenvalue weighted by Crippen LogP contribution is -2.31. The number of ether oxygens (including phenoxy) is 1. The Labute approximate surface area is 121 Å². The van der Waals surface area contributed by atoms with Crippen LogP contribution in [0.5, 0.6) is 5.75 Å². The van der Waals surface area contributed by atoms with Crippen molar-refractivity contribution in [2.75, 3.05) is 6.61 Å². The summed E-state index contributed by atoms with van der Waals surface area (Å²) >= 11 is 0. The summed E-state index contributed by atoms with van der Waals surface area (Å²) in [5, 5.41) is 2.70. The highest BCUT2D eigenvalue weighted by Crippen LogP contribution is 2.16. The van der Waals surface area contributed by atoms with Crippen molar-refractivity contribution >= 4 is 5.91 Å². The fourth-order valence-electron chi connectivity index (χ4n) is 1.82. The van der Waals surface area contributed by atoms with Gasteiger partial charge in [-0.1, -0.05) is 24.3 Å². The standard InChI is InChI=1S/C16H15F2NO2/c1-11(12-6-8-13(17)9-7-12)19-16(20)10-21-15-5-3-2-4-14(15)18/h2-9,11H,10H2,1H3,(H,19,20). The predicted molar refractivity (Wildman–Crippen MR) is 74.9 cm³/mol. The van der Waals surface area contributed by atoms with Crippen LogP contribution in [0, 0.1) is 11.6 Å². The fourth-order valence-corrected chi connectivity index (χ4v) is 1.82. The highest BCUT2D eigenvalue weighted by Gasteiger charge is 2.11. The molecule has 5 heteroatoms. The van der Waals surface area contributed by atoms with Crippen molar-refractivity contribution in [3.05, 3.63) is 65.7 Å². The lowest BCUT2D eigenvalue weighted by Gasteiger charge is -2.14. The maximum Gasteiger partial charge on any atom is 0.258 e. The van der Waals surface area contributed by atoms with Crippen LogP contribution in [0.4, 0.5) is 8.78 Å². The van der Waals surface area contributed by atoms with Crippen LogP contribution in [0.15, 0.2) is 48.5 Å². The number of hydrogen-bond donors (Lipinski definition) is 1. The molecule has 2 rings (SSSR count). The molecule has 0 aliphatic rings. The number of hydrogen-bond acceptors (Lipinski definition) is 2. The second-order valence-corrected chi connectivity index (χ2v) is 4.56. The van der Waals surface area contributed by atoms with E-state index in [1.165, 1.54) is 24.3 Å². The maximum absolute atomic E-state index is 13.3. The minimum absolute atomic E-state index is 0.0297. The van der Waals surface area contributed by atoms with Crippen LogP contribution in [0.1, 0.15) is 18.5 Å². The van der Waals surface area contributed by atoms with Crippen LogP contribution in [-0.4, -0.2) is 12.5 Å². The summed E-state index contributed by atoms with van der Waals surface area (Å²) in [5.41, 5.74) is 0.774. The van der Waals surface area contributed by atoms with Crippen LogP contribution < -0.4 is 10.1 Å². The molecule has 2 aromatic rings. The fraction of sp³-hybridized carbons (Fsp3) is 0.188. The van der Waals surface area contributed by atoms with E-state index in [9.17, 15) is 13.6 Å². The monoisotopic (exact) mass is 291 g/mol. The zero-order valence-electron chi connectivity index (χ0n) is 11.5. The first-order valence-electron chi connectivity index (χ1n) is 6.48. The molecule has 21 heavy (non-hydrogen) atoms. The van der Waals surface area contributed by atoms with E-state index >= 15 is 0 Å². The molecule has 3 nitrogen and oxygen atoms in total. The number of rotatable bonds is 5. The van der Waals surface area contributed by atoms with Crippen LogP contribution in [-0.2, 0) is 4.79 Å². The summed E-state index contributed by atoms with van der Waals surface area (Å²) < 4.78 is 31.2. The number of carbonyl (C=O) groups is 1. The second kappa shape index (κ2) is 6.83. The van der Waals surface area contributed by atoms with Gasteiger partial charge in [-0.15, -0.1) is 0 Å². The Kier molecular flexibility index (Phi) is 4.87. The summed E-state index contributed by atoms with van der Waals surface area (Å²) in [6, 6.07) is 11.4. The molecular formula is C16H15F2NO2. The zero-order valence-corrected chi connectivity index (χ0v) is 11.5. The van der Waals surface area contributed by atoms with Crippen molar-refractivity contribution < 1.29 is 18.3 Å². The first-order chi connectivity index (χ1) is 10.1. The molecule has 0 saturated heterocycles. The largest absolute Gasteiger partial charge is 0.481 e. The quantitative estimate of drug-likeness (QED) is 0.918. The van der Waals surface area contributed by atoms with Crippen molar-refractivity contribution in [2.45, 2.75) is 13.0 Å². The van der Waals surface area contributed by atoms with Gasteiger partial charge in [-0.25, -0.2) is 8.78 Å². The molecule has 0 aliphatic heterocycles. The molecule has 2 aromatic carbocycles. The molecule has 0 aromatic heterocycles. The van der Waals surface area contributed by atoms with Crippen LogP contribution in [0.2, 0.25) is 0 Å². The van der Waals surface area contributed by atoms with Crippen LogP contribution in [0.3, 0.4) is 0 Å². The van der Waals surface area contributed by atoms with Gasteiger partial charge in [0.1, 0.15) is 5.82 Å². The highest BCUT2D eigenvalue weighted by atomic mass is 19.1. The van der Waals surface area contributed by atoms with Crippen molar-refractivity contribution in [1.29, 1.82) is 0 Å². The molecule has 1 N–H and O–H groups in total. The van der Waals surface area contributed by atoms with Gasteiger partial charge in [0.15, 0.2) is 18.2 Å². The number of amides is 1. The third-order valence-corrected chi connectivity index (χ3v) is 2.94. The first kappa shape index (κ1) is 15.0. The zero-order chi connectivity index (χ0) is 15.2. The van der Waals surface area contributed by atoms with Crippen molar-refractivity contribution in [1.82, 2.24) is 5.32 Å². The third kappa shape index (κ3) is 4.27. The van der Waals surface area contributed by atoms with E-state index in [0.717, 1.165) is 5.56 Å². The van der Waals surface area contributed by atoms with Crippen LogP contribution >= 0.6 is 0 Å². The molecule has 0 saturated carbocycles. The minimum Gasteiger partial charge on any atom is -0.481 e. The summed E-state index contributed by atoms with van der Waals surface area (Å²) in [6.07, 6.45) is 0. The molecular weight excluding hydrogens is 276 g/mol. The Morgan fingerprint density at radius 1 is 1.14 bits per heavy atom. The van der Waals surface area contributed by atoms with E-state index in [1.807, 2.05) is 0 Å². The van der Waals surface area contributed by atoms with Crippen molar-refractivity contribution in [3.63, 3.8) is 0 Å². The maximum atomic E-state index is 13.3. The van der Waals surface area contributed by atoms with Gasteiger partial charge in [-0.3, -0.25) is 4.79 Å². The number of carbonyl (C=O) groups excluding carboxylic acids is 1. The first-order valence-corrected chi connectivity index (χ1v) is 6.48. The van der Waals surface area contributed by atoms with Crippen molar-refractivity contribution in [3.8, 4) is 5.75 Å². The highest BCUT2D eigenvalue weighted by molar-refractivity contribution is 5.78. The van der Waals surface area contributed by atoms with E-state index in [1.54, 1.807) is 31.2 Å². The molecule has 0 radical (unpaired) electrons. The average molecular weight is 291 g/mol. The van der Waals surface area contributed by atoms with E-state index in [0.29, 0.717) is 0 Å². The SMILES string of the molecule is CC(NC(=O)COc1ccccc1F)c1ccc(F)cc1. The average Bonchev–Trinajstić information content (AvgIpc) is 2.47. The number of nitrogens with one attached hydrogen (secondary N) is 1. The van der Waals surface area contributed by atoms with E-state index in [2.05, 4.69) is 5.32 Å². The van der Waals surface area contributed by atoms with E-state index in [4.69, 9.17) is 4.74 Å². The molecule has 110 valence electrons. The van der Waals surface area contributed by atoms with Gasteiger partial charge in [0.2, 0.25) is 0 Å². The normalized spacial score (nSPS) is 11.8. The Balaban J connectivity index is 1.87. The Morgan fingerprint density at radius 3 is 2.48 bits per heavy atom. The Hall–Kier alpha value is -2.43. The lowest BCUT2D eigenvalue weighted by molar-refractivity contribution is -0.123. The van der Waals surface area contributed by atoms with Gasteiger partial charge in [-0.05, 0) is 36.8 Å². The van der Waals surface area contributed by atoms with Gasteiger partial charge >= 0.3 is 0 Å². The van der Waals surface area contributed by atoms with Gasteiger partial charge in [0, 0.05) is 0 Å². The molecule has 1 atom stereocenters. The van der Waals surface area contributed by atoms with Gasteiger partial charge in [0.25, 0.3) is 5.91 Å². The van der Waals surface area contributed by atoms with E-state index < -0.39 is 5.82 Å². The summed E-state index contributed by atoms with van der Waals surface area (Å²) in [7, 11) is 0. The second-order valence-electron chi connectivity index (χ2n) is 4.56. The van der Waals surface area contributed by atoms with E-state index in [-0.39, 0.29) is 30.1 Å². The minimum atomic E-state index is -0.517. The molecule has 0 aliphatic carbocycles. The number of para-hydroxylation sites is 1. The summed E-state index contributed by atoms with van der Waals surface area (Å²) in [4.78, 5) is 11.7. The molecule has 0 fully saturated rings. The predicted octanol–water partition coefficient (Wildman–Crippen LogP) is 3.22. The van der Waals surface area contributed by atoms with Crippen LogP contribution in [0.25, 0.3) is 0 Å². The Morgan fingerprint density at radius 2 is 1.81 bits per heavy atom. The molecule has 1 amide bonds. The number of halogens is 2. The molecule has 0 bridgehead atoms. The molecule has 0 spiro atoms. The molecule has 1 unspecified atom stereocenters. The molecule has 0 heterocycles. The topological polar surface area (TPSA) is 38.3 Å². The Bertz CT molecular complexity index is 614.